The first-order valence-electron chi connectivity index (χ1n) is 4.00. The van der Waals surface area contributed by atoms with Gasteiger partial charge in [-0.2, -0.15) is 0 Å². The predicted octanol–water partition coefficient (Wildman–Crippen LogP) is 1.51. The van der Waals surface area contributed by atoms with Crippen LogP contribution in [0, 0.1) is 0 Å². The summed E-state index contributed by atoms with van der Waals surface area (Å²) in [6.45, 7) is 3.28. The number of aromatic nitrogens is 1. The van der Waals surface area contributed by atoms with E-state index in [-0.39, 0.29) is 0 Å². The Bertz CT molecular complexity index is 296. The van der Waals surface area contributed by atoms with Crippen LogP contribution in [0.4, 0.5) is 0 Å². The Morgan fingerprint density at radius 3 is 2.69 bits per heavy atom. The molecule has 13 heavy (non-hydrogen) atoms. The number of nitrogens with two attached hydrogens (primary N) is 1. The summed E-state index contributed by atoms with van der Waals surface area (Å²) in [5.74, 6) is 0. The third-order valence-electron chi connectivity index (χ3n) is 1.82. The average Bonchev–Trinajstić information content (AvgIpc) is 2.01. The summed E-state index contributed by atoms with van der Waals surface area (Å²) in [6, 6.07) is 2.80. The molecule has 1 unspecified atom stereocenters. The van der Waals surface area contributed by atoms with Gasteiger partial charge in [0.05, 0.1) is 17.3 Å². The van der Waals surface area contributed by atoms with E-state index >= 15 is 0 Å². The van der Waals surface area contributed by atoms with Crippen LogP contribution < -0.4 is 5.73 Å². The Morgan fingerprint density at radius 1 is 1.62 bits per heavy atom. The quantitative estimate of drug-likeness (QED) is 0.761. The number of halogens is 1. The first-order valence-corrected chi connectivity index (χ1v) is 4.38. The highest BCUT2D eigenvalue weighted by molar-refractivity contribution is 6.30. The number of pyridine rings is 1. The van der Waals surface area contributed by atoms with Crippen molar-refractivity contribution in [2.45, 2.75) is 25.5 Å². The molecule has 3 N–H and O–H groups in total. The Kier molecular flexibility index (Phi) is 2.91. The lowest BCUT2D eigenvalue weighted by molar-refractivity contribution is 0.0503. The number of rotatable bonds is 2. The monoisotopic (exact) mass is 200 g/mol. The highest BCUT2D eigenvalue weighted by atomic mass is 35.5. The van der Waals surface area contributed by atoms with Gasteiger partial charge in [-0.1, -0.05) is 11.6 Å². The van der Waals surface area contributed by atoms with Crippen LogP contribution >= 0.6 is 11.6 Å². The summed E-state index contributed by atoms with van der Waals surface area (Å²) < 4.78 is 0. The van der Waals surface area contributed by atoms with E-state index in [1.54, 1.807) is 32.2 Å². The van der Waals surface area contributed by atoms with E-state index in [1.165, 1.54) is 0 Å². The third kappa shape index (κ3) is 2.66. The zero-order valence-corrected chi connectivity index (χ0v) is 8.42. The molecule has 1 heterocycles. The van der Waals surface area contributed by atoms with E-state index in [2.05, 4.69) is 4.98 Å². The highest BCUT2D eigenvalue weighted by Gasteiger charge is 2.25. The number of aliphatic hydroxyl groups is 1. The maximum atomic E-state index is 9.62. The third-order valence-corrected chi connectivity index (χ3v) is 2.06. The zero-order valence-electron chi connectivity index (χ0n) is 7.66. The van der Waals surface area contributed by atoms with Crippen molar-refractivity contribution in [3.05, 3.63) is 29.0 Å². The van der Waals surface area contributed by atoms with Gasteiger partial charge in [0.1, 0.15) is 0 Å². The molecule has 0 aromatic carbocycles. The van der Waals surface area contributed by atoms with Crippen LogP contribution in [0.1, 0.15) is 25.6 Å². The average molecular weight is 201 g/mol. The van der Waals surface area contributed by atoms with Gasteiger partial charge in [0.15, 0.2) is 0 Å². The molecule has 0 fully saturated rings. The van der Waals surface area contributed by atoms with Crippen molar-refractivity contribution < 1.29 is 5.11 Å². The predicted molar refractivity (Wildman–Crippen MR) is 52.5 cm³/mol. The Morgan fingerprint density at radius 2 is 2.23 bits per heavy atom. The molecule has 0 saturated heterocycles. The molecule has 1 rings (SSSR count). The maximum absolute atomic E-state index is 9.62. The fourth-order valence-electron chi connectivity index (χ4n) is 0.953. The van der Waals surface area contributed by atoms with Crippen LogP contribution in [0.15, 0.2) is 18.3 Å². The molecule has 4 heteroatoms. The summed E-state index contributed by atoms with van der Waals surface area (Å²) >= 11 is 5.76. The molecule has 1 aromatic heterocycles. The highest BCUT2D eigenvalue weighted by Crippen LogP contribution is 2.22. The lowest BCUT2D eigenvalue weighted by Crippen LogP contribution is -2.35. The van der Waals surface area contributed by atoms with Crippen LogP contribution in [0.3, 0.4) is 0 Å². The normalized spacial score (nSPS) is 14.2. The van der Waals surface area contributed by atoms with Crippen molar-refractivity contribution in [3.63, 3.8) is 0 Å². The van der Waals surface area contributed by atoms with Crippen LogP contribution in [0.2, 0.25) is 5.02 Å². The molecule has 3 nitrogen and oxygen atoms in total. The van der Waals surface area contributed by atoms with E-state index in [9.17, 15) is 5.11 Å². The zero-order chi connectivity index (χ0) is 10.1. The van der Waals surface area contributed by atoms with Crippen LogP contribution in [-0.4, -0.2) is 15.7 Å². The lowest BCUT2D eigenvalue weighted by atomic mass is 9.96. The smallest absolute Gasteiger partial charge is 0.0798 e. The van der Waals surface area contributed by atoms with Crippen molar-refractivity contribution >= 4 is 11.6 Å². The molecule has 0 aliphatic carbocycles. The Hall–Kier alpha value is -0.640. The summed E-state index contributed by atoms with van der Waals surface area (Å²) in [5.41, 5.74) is 5.38. The molecule has 0 amide bonds. The first-order chi connectivity index (χ1) is 5.91. The maximum Gasteiger partial charge on any atom is 0.0798 e. The number of nitrogens with zero attached hydrogens (tertiary/aromatic N) is 1. The molecule has 1 atom stereocenters. The molecular weight excluding hydrogens is 188 g/mol. The van der Waals surface area contributed by atoms with Gasteiger partial charge in [0, 0.05) is 11.2 Å². The minimum atomic E-state index is -0.988. The second-order valence-electron chi connectivity index (χ2n) is 3.53. The van der Waals surface area contributed by atoms with E-state index in [4.69, 9.17) is 17.3 Å². The van der Waals surface area contributed by atoms with E-state index in [0.717, 1.165) is 0 Å². The number of hydrogen-bond acceptors (Lipinski definition) is 3. The van der Waals surface area contributed by atoms with Gasteiger partial charge >= 0.3 is 0 Å². The van der Waals surface area contributed by atoms with Gasteiger partial charge < -0.3 is 10.8 Å². The first kappa shape index (κ1) is 10.4. The minimum absolute atomic E-state index is 0.522. The molecule has 0 saturated carbocycles. The molecule has 0 bridgehead atoms. The number of hydrogen-bond donors (Lipinski definition) is 2. The fraction of sp³-hybridized carbons (Fsp3) is 0.444. The van der Waals surface area contributed by atoms with E-state index in [1.807, 2.05) is 0 Å². The van der Waals surface area contributed by atoms with Gasteiger partial charge in [-0.25, -0.2) is 0 Å². The van der Waals surface area contributed by atoms with E-state index in [0.29, 0.717) is 10.7 Å². The fourth-order valence-corrected chi connectivity index (χ4v) is 1.12. The second kappa shape index (κ2) is 3.62. The van der Waals surface area contributed by atoms with Crippen molar-refractivity contribution in [1.29, 1.82) is 0 Å². The van der Waals surface area contributed by atoms with Crippen LogP contribution in [0.25, 0.3) is 0 Å². The topological polar surface area (TPSA) is 59.1 Å². The van der Waals surface area contributed by atoms with E-state index < -0.39 is 11.6 Å². The largest absolute Gasteiger partial charge is 0.388 e. The molecule has 72 valence electrons. The van der Waals surface area contributed by atoms with Gasteiger partial charge in [-0.05, 0) is 26.0 Å². The van der Waals surface area contributed by atoms with Gasteiger partial charge in [0.2, 0.25) is 0 Å². The minimum Gasteiger partial charge on any atom is -0.388 e. The van der Waals surface area contributed by atoms with Crippen molar-refractivity contribution in [2.75, 3.05) is 0 Å². The SMILES string of the molecule is CC(C)(O)C(N)c1cc(Cl)ccn1. The Balaban J connectivity index is 2.96. The van der Waals surface area contributed by atoms with Gasteiger partial charge in [-0.15, -0.1) is 0 Å². The van der Waals surface area contributed by atoms with Crippen molar-refractivity contribution in [3.8, 4) is 0 Å². The van der Waals surface area contributed by atoms with Gasteiger partial charge in [0.25, 0.3) is 0 Å². The van der Waals surface area contributed by atoms with Crippen LogP contribution in [0.5, 0.6) is 0 Å². The second-order valence-corrected chi connectivity index (χ2v) is 3.97. The Labute approximate surface area is 82.5 Å². The summed E-state index contributed by atoms with van der Waals surface area (Å²) in [6.07, 6.45) is 1.57. The summed E-state index contributed by atoms with van der Waals surface area (Å²) in [7, 11) is 0. The summed E-state index contributed by atoms with van der Waals surface area (Å²) in [5, 5.41) is 10.2. The molecular formula is C9H13ClN2O. The van der Waals surface area contributed by atoms with Crippen LogP contribution in [-0.2, 0) is 0 Å². The summed E-state index contributed by atoms with van der Waals surface area (Å²) in [4.78, 5) is 4.04. The van der Waals surface area contributed by atoms with Crippen molar-refractivity contribution in [1.82, 2.24) is 4.98 Å². The molecule has 0 aliphatic heterocycles. The van der Waals surface area contributed by atoms with Gasteiger partial charge in [-0.3, -0.25) is 4.98 Å². The lowest BCUT2D eigenvalue weighted by Gasteiger charge is -2.24. The molecule has 0 radical (unpaired) electrons. The molecule has 1 aromatic rings. The standard InChI is InChI=1S/C9H13ClN2O/c1-9(2,13)8(11)7-5-6(10)3-4-12-7/h3-5,8,13H,11H2,1-2H3. The van der Waals surface area contributed by atoms with Crippen molar-refractivity contribution in [2.24, 2.45) is 5.73 Å². The molecule has 0 spiro atoms. The molecule has 0 aliphatic rings.